The number of fused-ring (bicyclic) bond motifs is 1. The number of carbonyl (C=O) groups is 1. The van der Waals surface area contributed by atoms with Crippen molar-refractivity contribution in [3.63, 3.8) is 0 Å². The summed E-state index contributed by atoms with van der Waals surface area (Å²) in [4.78, 5) is 21.6. The summed E-state index contributed by atoms with van der Waals surface area (Å²) in [6, 6.07) is 18.2. The van der Waals surface area contributed by atoms with E-state index < -0.39 is 15.6 Å². The molecule has 0 atom stereocenters. The van der Waals surface area contributed by atoms with E-state index in [1.807, 2.05) is 6.07 Å². The molecule has 1 aliphatic rings. The van der Waals surface area contributed by atoms with Gasteiger partial charge in [-0.2, -0.15) is 0 Å². The first-order chi connectivity index (χ1) is 18.7. The standard InChI is InChI=1S/C27H28N6O5S/c1-37-19-13-18(14-20(16-19)38-2)29-24-25(32-23-10-4-3-9-22(23)31-24)33-39(35,36)21-8-5-7-17(15-21)30-26(34)27(28)11-6-12-27/h3-5,7-10,13-16H,6,11-12,28H2,1-2H3,(H,29,31)(H,30,34)(H,32,33). The summed E-state index contributed by atoms with van der Waals surface area (Å²) in [5, 5.41) is 5.85. The van der Waals surface area contributed by atoms with Crippen molar-refractivity contribution < 1.29 is 22.7 Å². The lowest BCUT2D eigenvalue weighted by atomic mass is 9.77. The second-order valence-electron chi connectivity index (χ2n) is 9.23. The number of amides is 1. The Morgan fingerprint density at radius 2 is 1.51 bits per heavy atom. The Balaban J connectivity index is 1.48. The number of nitrogens with one attached hydrogen (secondary N) is 3. The molecule has 3 aromatic carbocycles. The number of ether oxygens (including phenoxy) is 2. The lowest BCUT2D eigenvalue weighted by Gasteiger charge is -2.36. The van der Waals surface area contributed by atoms with Gasteiger partial charge < -0.3 is 25.8 Å². The summed E-state index contributed by atoms with van der Waals surface area (Å²) >= 11 is 0. The second kappa shape index (κ2) is 10.4. The highest BCUT2D eigenvalue weighted by molar-refractivity contribution is 7.92. The number of para-hydroxylation sites is 2. The van der Waals surface area contributed by atoms with Crippen LogP contribution in [0.25, 0.3) is 11.0 Å². The van der Waals surface area contributed by atoms with Crippen molar-refractivity contribution in [2.45, 2.75) is 29.7 Å². The van der Waals surface area contributed by atoms with Crippen LogP contribution in [-0.4, -0.2) is 44.1 Å². The average molecular weight is 549 g/mol. The Morgan fingerprint density at radius 1 is 0.872 bits per heavy atom. The van der Waals surface area contributed by atoms with E-state index in [2.05, 4.69) is 25.3 Å². The van der Waals surface area contributed by atoms with Crippen molar-refractivity contribution in [3.8, 4) is 11.5 Å². The largest absolute Gasteiger partial charge is 0.497 e. The van der Waals surface area contributed by atoms with Gasteiger partial charge in [-0.25, -0.2) is 18.4 Å². The molecule has 0 bridgehead atoms. The van der Waals surface area contributed by atoms with E-state index in [1.54, 1.807) is 48.5 Å². The summed E-state index contributed by atoms with van der Waals surface area (Å²) in [5.41, 5.74) is 7.12. The number of nitrogens with two attached hydrogens (primary N) is 1. The molecule has 0 radical (unpaired) electrons. The first-order valence-electron chi connectivity index (χ1n) is 12.2. The smallest absolute Gasteiger partial charge is 0.263 e. The Labute approximate surface area is 225 Å². The minimum atomic E-state index is -4.13. The van der Waals surface area contributed by atoms with Crippen LogP contribution in [0.15, 0.2) is 71.6 Å². The zero-order valence-corrected chi connectivity index (χ0v) is 22.2. The van der Waals surface area contributed by atoms with Crippen molar-refractivity contribution in [3.05, 3.63) is 66.7 Å². The molecular formula is C27H28N6O5S. The molecule has 1 amide bonds. The number of methoxy groups -OCH3 is 2. The maximum absolute atomic E-state index is 13.5. The van der Waals surface area contributed by atoms with Gasteiger partial charge in [0.15, 0.2) is 11.6 Å². The van der Waals surface area contributed by atoms with Gasteiger partial charge in [0.2, 0.25) is 5.91 Å². The summed E-state index contributed by atoms with van der Waals surface area (Å²) in [5.74, 6) is 0.893. The van der Waals surface area contributed by atoms with Gasteiger partial charge in [-0.3, -0.25) is 9.52 Å². The molecule has 0 aliphatic heterocycles. The quantitative estimate of drug-likeness (QED) is 0.242. The third-order valence-electron chi connectivity index (χ3n) is 6.52. The Morgan fingerprint density at radius 3 is 2.10 bits per heavy atom. The van der Waals surface area contributed by atoms with Crippen LogP contribution < -0.4 is 30.6 Å². The number of benzene rings is 3. The molecule has 1 fully saturated rings. The normalized spacial score (nSPS) is 14.2. The molecule has 1 saturated carbocycles. The summed E-state index contributed by atoms with van der Waals surface area (Å²) in [6.07, 6.45) is 2.07. The predicted molar refractivity (Wildman–Crippen MR) is 149 cm³/mol. The minimum Gasteiger partial charge on any atom is -0.497 e. The van der Waals surface area contributed by atoms with E-state index in [0.717, 1.165) is 6.42 Å². The van der Waals surface area contributed by atoms with E-state index >= 15 is 0 Å². The number of sulfonamides is 1. The molecule has 5 N–H and O–H groups in total. The van der Waals surface area contributed by atoms with Gasteiger partial charge >= 0.3 is 0 Å². The Bertz CT molecular complexity index is 1630. The third kappa shape index (κ3) is 5.56. The summed E-state index contributed by atoms with van der Waals surface area (Å²) in [7, 11) is -1.07. The van der Waals surface area contributed by atoms with Crippen LogP contribution in [-0.2, 0) is 14.8 Å². The first-order valence-corrected chi connectivity index (χ1v) is 13.7. The van der Waals surface area contributed by atoms with Gasteiger partial charge in [0.05, 0.1) is 35.7 Å². The number of rotatable bonds is 9. The molecule has 202 valence electrons. The number of aromatic nitrogens is 2. The zero-order valence-electron chi connectivity index (χ0n) is 21.4. The van der Waals surface area contributed by atoms with Crippen molar-refractivity contribution in [2.24, 2.45) is 5.73 Å². The monoisotopic (exact) mass is 548 g/mol. The van der Waals surface area contributed by atoms with Crippen LogP contribution >= 0.6 is 0 Å². The number of hydrogen-bond donors (Lipinski definition) is 4. The third-order valence-corrected chi connectivity index (χ3v) is 7.85. The van der Waals surface area contributed by atoms with E-state index in [1.165, 1.54) is 26.4 Å². The van der Waals surface area contributed by atoms with Crippen LogP contribution in [0.1, 0.15) is 19.3 Å². The predicted octanol–water partition coefficient (Wildman–Crippen LogP) is 4.01. The number of nitrogens with zero attached hydrogens (tertiary/aromatic N) is 2. The maximum atomic E-state index is 13.5. The van der Waals surface area contributed by atoms with E-state index in [9.17, 15) is 13.2 Å². The van der Waals surface area contributed by atoms with Gasteiger partial charge in [0.25, 0.3) is 10.0 Å². The molecule has 0 spiro atoms. The van der Waals surface area contributed by atoms with E-state index in [0.29, 0.717) is 46.7 Å². The topological polar surface area (TPSA) is 158 Å². The average Bonchev–Trinajstić information content (AvgIpc) is 2.91. The fraction of sp³-hybridized carbons (Fsp3) is 0.222. The highest BCUT2D eigenvalue weighted by Crippen LogP contribution is 2.33. The Kier molecular flexibility index (Phi) is 6.98. The molecule has 0 unspecified atom stereocenters. The summed E-state index contributed by atoms with van der Waals surface area (Å²) < 4.78 is 40.1. The van der Waals surface area contributed by atoms with Gasteiger partial charge in [-0.15, -0.1) is 0 Å². The first kappa shape index (κ1) is 26.2. The van der Waals surface area contributed by atoms with Crippen LogP contribution in [0, 0.1) is 0 Å². The highest BCUT2D eigenvalue weighted by Gasteiger charge is 2.40. The highest BCUT2D eigenvalue weighted by atomic mass is 32.2. The fourth-order valence-corrected chi connectivity index (χ4v) is 5.20. The van der Waals surface area contributed by atoms with Crippen LogP contribution in [0.3, 0.4) is 0 Å². The summed E-state index contributed by atoms with van der Waals surface area (Å²) in [6.45, 7) is 0. The van der Waals surface area contributed by atoms with Gasteiger partial charge in [-0.05, 0) is 49.6 Å². The minimum absolute atomic E-state index is 0.0136. The molecule has 1 aromatic heterocycles. The SMILES string of the molecule is COc1cc(Nc2nc3ccccc3nc2NS(=O)(=O)c2cccc(NC(=O)C3(N)CCC3)c2)cc(OC)c1. The number of carbonyl (C=O) groups excluding carboxylic acids is 1. The van der Waals surface area contributed by atoms with E-state index in [4.69, 9.17) is 15.2 Å². The Hall–Kier alpha value is -4.42. The molecule has 11 nitrogen and oxygen atoms in total. The van der Waals surface area contributed by atoms with Crippen LogP contribution in [0.5, 0.6) is 11.5 Å². The van der Waals surface area contributed by atoms with Crippen molar-refractivity contribution in [1.29, 1.82) is 0 Å². The van der Waals surface area contributed by atoms with Crippen molar-refractivity contribution in [1.82, 2.24) is 9.97 Å². The second-order valence-corrected chi connectivity index (χ2v) is 10.9. The molecular weight excluding hydrogens is 520 g/mol. The van der Waals surface area contributed by atoms with Crippen molar-refractivity contribution in [2.75, 3.05) is 29.6 Å². The lowest BCUT2D eigenvalue weighted by Crippen LogP contribution is -2.56. The van der Waals surface area contributed by atoms with Crippen LogP contribution in [0.4, 0.5) is 23.0 Å². The molecule has 39 heavy (non-hydrogen) atoms. The number of anilines is 4. The molecule has 4 aromatic rings. The van der Waals surface area contributed by atoms with Gasteiger partial charge in [0.1, 0.15) is 11.5 Å². The fourth-order valence-electron chi connectivity index (χ4n) is 4.14. The number of hydrogen-bond acceptors (Lipinski definition) is 9. The van der Waals surface area contributed by atoms with E-state index in [-0.39, 0.29) is 22.4 Å². The molecule has 1 heterocycles. The molecule has 5 rings (SSSR count). The maximum Gasteiger partial charge on any atom is 0.263 e. The van der Waals surface area contributed by atoms with Crippen LogP contribution in [0.2, 0.25) is 0 Å². The van der Waals surface area contributed by atoms with Gasteiger partial charge in [0, 0.05) is 29.6 Å². The van der Waals surface area contributed by atoms with Gasteiger partial charge in [-0.1, -0.05) is 18.2 Å². The van der Waals surface area contributed by atoms with Crippen molar-refractivity contribution >= 4 is 50.0 Å². The molecule has 12 heteroatoms. The molecule has 0 saturated heterocycles. The zero-order chi connectivity index (χ0) is 27.6. The lowest BCUT2D eigenvalue weighted by molar-refractivity contribution is -0.123. The molecule has 1 aliphatic carbocycles.